The molecule has 0 fully saturated rings. The zero-order valence-electron chi connectivity index (χ0n) is 16.9. The lowest BCUT2D eigenvalue weighted by molar-refractivity contribution is 0.414. The van der Waals surface area contributed by atoms with Gasteiger partial charge in [0.15, 0.2) is 0 Å². The van der Waals surface area contributed by atoms with Crippen molar-refractivity contribution in [1.29, 1.82) is 0 Å². The van der Waals surface area contributed by atoms with Gasteiger partial charge in [0, 0.05) is 12.4 Å². The van der Waals surface area contributed by atoms with Gasteiger partial charge in [0.1, 0.15) is 5.75 Å². The van der Waals surface area contributed by atoms with Crippen molar-refractivity contribution in [1.82, 2.24) is 14.1 Å². The summed E-state index contributed by atoms with van der Waals surface area (Å²) in [4.78, 5) is 17.7. The van der Waals surface area contributed by atoms with Crippen molar-refractivity contribution in [2.24, 2.45) is 7.05 Å². The van der Waals surface area contributed by atoms with Gasteiger partial charge in [-0.3, -0.25) is 14.1 Å². The number of imidazole rings is 1. The van der Waals surface area contributed by atoms with E-state index in [0.29, 0.717) is 6.54 Å². The fraction of sp³-hybridized carbons (Fsp3) is 0.120. The van der Waals surface area contributed by atoms with Crippen molar-refractivity contribution < 1.29 is 4.74 Å². The van der Waals surface area contributed by atoms with Crippen LogP contribution in [0.5, 0.6) is 5.75 Å². The number of hydrogen-bond acceptors (Lipinski definition) is 3. The smallest absolute Gasteiger partial charge is 0.329 e. The first-order chi connectivity index (χ1) is 14.7. The van der Waals surface area contributed by atoms with E-state index in [1.165, 1.54) is 0 Å². The normalized spacial score (nSPS) is 11.3. The second-order valence-corrected chi connectivity index (χ2v) is 7.37. The lowest BCUT2D eigenvalue weighted by Gasteiger charge is -2.07. The molecule has 0 aliphatic rings. The maximum absolute atomic E-state index is 13.1. The molecule has 3 aromatic carbocycles. The second kappa shape index (κ2) is 7.19. The highest BCUT2D eigenvalue weighted by Crippen LogP contribution is 2.28. The molecule has 5 nitrogen and oxygen atoms in total. The third-order valence-corrected chi connectivity index (χ3v) is 5.57. The molecule has 0 saturated carbocycles. The summed E-state index contributed by atoms with van der Waals surface area (Å²) in [6.07, 6.45) is 1.80. The molecule has 0 radical (unpaired) electrons. The lowest BCUT2D eigenvalue weighted by atomic mass is 10.0. The number of methoxy groups -OCH3 is 1. The van der Waals surface area contributed by atoms with Crippen LogP contribution in [0.4, 0.5) is 0 Å². The van der Waals surface area contributed by atoms with E-state index in [-0.39, 0.29) is 5.69 Å². The Morgan fingerprint density at radius 1 is 0.933 bits per heavy atom. The minimum absolute atomic E-state index is 0.0553. The van der Waals surface area contributed by atoms with Gasteiger partial charge in [-0.2, -0.15) is 0 Å². The minimum Gasteiger partial charge on any atom is -0.497 e. The maximum Gasteiger partial charge on any atom is 0.329 e. The fourth-order valence-electron chi connectivity index (χ4n) is 3.97. The summed E-state index contributed by atoms with van der Waals surface area (Å²) < 4.78 is 8.73. The molecule has 0 spiro atoms. The number of ether oxygens (including phenoxy) is 1. The van der Waals surface area contributed by atoms with Crippen LogP contribution >= 0.6 is 0 Å². The molecule has 0 atom stereocenters. The van der Waals surface area contributed by atoms with E-state index >= 15 is 0 Å². The molecule has 5 heteroatoms. The molecule has 0 unspecified atom stereocenters. The van der Waals surface area contributed by atoms with Gasteiger partial charge in [-0.15, -0.1) is 0 Å². The largest absolute Gasteiger partial charge is 0.497 e. The van der Waals surface area contributed by atoms with Crippen LogP contribution in [0.2, 0.25) is 0 Å². The van der Waals surface area contributed by atoms with Crippen molar-refractivity contribution in [2.45, 2.75) is 6.54 Å². The Morgan fingerprint density at radius 3 is 2.43 bits per heavy atom. The van der Waals surface area contributed by atoms with Crippen molar-refractivity contribution in [3.8, 4) is 16.9 Å². The molecule has 0 amide bonds. The van der Waals surface area contributed by atoms with Crippen LogP contribution in [0.1, 0.15) is 5.56 Å². The van der Waals surface area contributed by atoms with E-state index in [1.807, 2.05) is 55.6 Å². The summed E-state index contributed by atoms with van der Waals surface area (Å²) in [7, 11) is 3.47. The van der Waals surface area contributed by atoms with E-state index in [9.17, 15) is 4.79 Å². The van der Waals surface area contributed by atoms with E-state index in [0.717, 1.165) is 44.4 Å². The third-order valence-electron chi connectivity index (χ3n) is 5.57. The monoisotopic (exact) mass is 395 g/mol. The van der Waals surface area contributed by atoms with Crippen LogP contribution in [0, 0.1) is 0 Å². The van der Waals surface area contributed by atoms with Crippen molar-refractivity contribution in [3.05, 3.63) is 95.0 Å². The summed E-state index contributed by atoms with van der Waals surface area (Å²) in [6, 6.07) is 24.2. The molecule has 30 heavy (non-hydrogen) atoms. The number of aromatic nitrogens is 3. The Bertz CT molecular complexity index is 1410. The molecule has 5 aromatic rings. The molecule has 0 aliphatic carbocycles. The maximum atomic E-state index is 13.1. The molecule has 0 aliphatic heterocycles. The predicted octanol–water partition coefficient (Wildman–Crippen LogP) is 4.61. The van der Waals surface area contributed by atoms with E-state index in [1.54, 1.807) is 22.4 Å². The standard InChI is InChI=1S/C25H21N3O2/c1-27-24-21-14-19(18-6-4-3-5-7-18)10-13-22(21)26-15-23(24)28(25(27)29)16-17-8-11-20(30-2)12-9-17/h3-15H,16H2,1-2H3. The van der Waals surface area contributed by atoms with Crippen molar-refractivity contribution >= 4 is 21.9 Å². The average Bonchev–Trinajstić information content (AvgIpc) is 3.05. The lowest BCUT2D eigenvalue weighted by Crippen LogP contribution is -2.22. The molecule has 0 bridgehead atoms. The summed E-state index contributed by atoms with van der Waals surface area (Å²) in [5.74, 6) is 0.796. The van der Waals surface area contributed by atoms with Gasteiger partial charge >= 0.3 is 5.69 Å². The third kappa shape index (κ3) is 2.95. The molecular formula is C25H21N3O2. The first-order valence-corrected chi connectivity index (χ1v) is 9.82. The Morgan fingerprint density at radius 2 is 1.70 bits per heavy atom. The number of aryl methyl sites for hydroxylation is 1. The quantitative estimate of drug-likeness (QED) is 0.446. The number of hydrogen-bond donors (Lipinski definition) is 0. The van der Waals surface area contributed by atoms with E-state index < -0.39 is 0 Å². The Hall–Kier alpha value is -3.86. The molecule has 2 heterocycles. The number of fused-ring (bicyclic) bond motifs is 3. The number of benzene rings is 3. The first-order valence-electron chi connectivity index (χ1n) is 9.82. The van der Waals surface area contributed by atoms with Crippen LogP contribution in [0.25, 0.3) is 33.1 Å². The zero-order valence-corrected chi connectivity index (χ0v) is 16.9. The second-order valence-electron chi connectivity index (χ2n) is 7.37. The topological polar surface area (TPSA) is 49.0 Å². The summed E-state index contributed by atoms with van der Waals surface area (Å²) in [5, 5.41) is 0.974. The highest BCUT2D eigenvalue weighted by atomic mass is 16.5. The van der Waals surface area contributed by atoms with Gasteiger partial charge in [-0.1, -0.05) is 48.5 Å². The van der Waals surface area contributed by atoms with Crippen molar-refractivity contribution in [2.75, 3.05) is 7.11 Å². The number of rotatable bonds is 4. The predicted molar refractivity (Wildman–Crippen MR) is 120 cm³/mol. The van der Waals surface area contributed by atoms with Gasteiger partial charge in [0.2, 0.25) is 0 Å². The SMILES string of the molecule is COc1ccc(Cn2c(=O)n(C)c3c4cc(-c5ccccc5)ccc4ncc32)cc1. The van der Waals surface area contributed by atoms with Gasteiger partial charge in [-0.05, 0) is 41.0 Å². The van der Waals surface area contributed by atoms with Crippen LogP contribution in [0.3, 0.4) is 0 Å². The van der Waals surface area contributed by atoms with Gasteiger partial charge in [-0.25, -0.2) is 4.79 Å². The molecule has 5 rings (SSSR count). The van der Waals surface area contributed by atoms with E-state index in [4.69, 9.17) is 4.74 Å². The van der Waals surface area contributed by atoms with Crippen molar-refractivity contribution in [3.63, 3.8) is 0 Å². The first kappa shape index (κ1) is 18.2. The highest BCUT2D eigenvalue weighted by molar-refractivity contribution is 6.04. The summed E-state index contributed by atoms with van der Waals surface area (Å²) in [5.41, 5.74) is 5.82. The molecule has 0 saturated heterocycles. The van der Waals surface area contributed by atoms with Crippen LogP contribution < -0.4 is 10.4 Å². The minimum atomic E-state index is -0.0553. The highest BCUT2D eigenvalue weighted by Gasteiger charge is 2.15. The Kier molecular flexibility index (Phi) is 4.36. The molecule has 2 aromatic heterocycles. The van der Waals surface area contributed by atoms with Crippen LogP contribution in [-0.4, -0.2) is 21.2 Å². The number of pyridine rings is 1. The van der Waals surface area contributed by atoms with Gasteiger partial charge in [0.25, 0.3) is 0 Å². The number of nitrogens with zero attached hydrogens (tertiary/aromatic N) is 3. The molecule has 148 valence electrons. The van der Waals surface area contributed by atoms with E-state index in [2.05, 4.69) is 29.2 Å². The fourth-order valence-corrected chi connectivity index (χ4v) is 3.97. The zero-order chi connectivity index (χ0) is 20.7. The molecule has 0 N–H and O–H groups in total. The molecular weight excluding hydrogens is 374 g/mol. The summed E-state index contributed by atoms with van der Waals surface area (Å²) >= 11 is 0. The van der Waals surface area contributed by atoms with Crippen LogP contribution in [0.15, 0.2) is 83.8 Å². The Labute approximate surface area is 173 Å². The average molecular weight is 395 g/mol. The van der Waals surface area contributed by atoms with Gasteiger partial charge in [0.05, 0.1) is 36.4 Å². The Balaban J connectivity index is 1.69. The van der Waals surface area contributed by atoms with Gasteiger partial charge < -0.3 is 4.74 Å². The van der Waals surface area contributed by atoms with Crippen LogP contribution in [-0.2, 0) is 13.6 Å². The summed E-state index contributed by atoms with van der Waals surface area (Å²) in [6.45, 7) is 0.478.